The third-order valence-corrected chi connectivity index (χ3v) is 5.20. The highest BCUT2D eigenvalue weighted by atomic mass is 32.1. The fourth-order valence-corrected chi connectivity index (χ4v) is 3.97. The Morgan fingerprint density at radius 2 is 2.16 bits per heavy atom. The van der Waals surface area contributed by atoms with Crippen LogP contribution in [-0.2, 0) is 31.0 Å². The molecule has 1 aliphatic heterocycles. The quantitative estimate of drug-likeness (QED) is 0.682. The van der Waals surface area contributed by atoms with Gasteiger partial charge in [-0.25, -0.2) is 0 Å². The van der Waals surface area contributed by atoms with Gasteiger partial charge in [0.05, 0.1) is 18.9 Å². The Morgan fingerprint density at radius 3 is 3.00 bits per heavy atom. The number of hydrogen-bond donors (Lipinski definition) is 0. The molecule has 6 heteroatoms. The number of ether oxygens (including phenoxy) is 1. The van der Waals surface area contributed by atoms with Crippen LogP contribution in [0.5, 0.6) is 0 Å². The molecule has 0 bridgehead atoms. The Labute approximate surface area is 151 Å². The summed E-state index contributed by atoms with van der Waals surface area (Å²) in [6, 6.07) is 8.33. The lowest BCUT2D eigenvalue weighted by atomic mass is 10.1. The van der Waals surface area contributed by atoms with Gasteiger partial charge in [0.25, 0.3) is 0 Å². The predicted molar refractivity (Wildman–Crippen MR) is 98.0 cm³/mol. The first-order valence-corrected chi connectivity index (χ1v) is 9.52. The summed E-state index contributed by atoms with van der Waals surface area (Å²) in [6.45, 7) is 5.19. The minimum absolute atomic E-state index is 0.427. The molecule has 0 aliphatic carbocycles. The standard InChI is InChI=1S/C19H22N4OS/c1-2-16(8-20-5-1)13-24-14-18-10-22(9-17-4-7-25-15-17)12-19-3-6-21-23(19)11-18/h1-8,15,18H,9-14H2/t18-/m0/s1. The number of hydrogen-bond acceptors (Lipinski definition) is 5. The molecule has 1 atom stereocenters. The summed E-state index contributed by atoms with van der Waals surface area (Å²) >= 11 is 1.76. The van der Waals surface area contributed by atoms with E-state index < -0.39 is 0 Å². The Morgan fingerprint density at radius 1 is 1.16 bits per heavy atom. The Bertz CT molecular complexity index is 772. The maximum Gasteiger partial charge on any atom is 0.0731 e. The van der Waals surface area contributed by atoms with Crippen LogP contribution in [-0.4, -0.2) is 32.8 Å². The lowest BCUT2D eigenvalue weighted by molar-refractivity contribution is 0.0656. The van der Waals surface area contributed by atoms with E-state index in [1.54, 1.807) is 17.5 Å². The van der Waals surface area contributed by atoms with Gasteiger partial charge in [-0.05, 0) is 40.1 Å². The van der Waals surface area contributed by atoms with Gasteiger partial charge in [0.15, 0.2) is 0 Å². The van der Waals surface area contributed by atoms with Gasteiger partial charge >= 0.3 is 0 Å². The minimum Gasteiger partial charge on any atom is -0.376 e. The zero-order chi connectivity index (χ0) is 16.9. The zero-order valence-electron chi connectivity index (χ0n) is 14.1. The Hall–Kier alpha value is -2.02. The first kappa shape index (κ1) is 16.4. The van der Waals surface area contributed by atoms with Crippen LogP contribution < -0.4 is 0 Å². The van der Waals surface area contributed by atoms with Gasteiger partial charge in [-0.15, -0.1) is 0 Å². The van der Waals surface area contributed by atoms with E-state index in [1.165, 1.54) is 11.3 Å². The number of rotatable bonds is 6. The van der Waals surface area contributed by atoms with E-state index in [2.05, 4.69) is 48.6 Å². The van der Waals surface area contributed by atoms with Gasteiger partial charge in [-0.1, -0.05) is 6.07 Å². The maximum atomic E-state index is 5.98. The average Bonchev–Trinajstić information content (AvgIpc) is 3.25. The third-order valence-electron chi connectivity index (χ3n) is 4.47. The summed E-state index contributed by atoms with van der Waals surface area (Å²) in [4.78, 5) is 6.64. The van der Waals surface area contributed by atoms with Gasteiger partial charge in [0.2, 0.25) is 0 Å². The second kappa shape index (κ2) is 7.91. The van der Waals surface area contributed by atoms with E-state index in [4.69, 9.17) is 4.74 Å². The largest absolute Gasteiger partial charge is 0.376 e. The molecule has 4 heterocycles. The summed E-state index contributed by atoms with van der Waals surface area (Å²) in [7, 11) is 0. The SMILES string of the molecule is c1cncc(COC[C@H]2CN(Cc3ccsc3)Cc3ccnn3C2)c1. The van der Waals surface area contributed by atoms with Crippen molar-refractivity contribution in [3.63, 3.8) is 0 Å². The van der Waals surface area contributed by atoms with Crippen LogP contribution in [0.4, 0.5) is 0 Å². The van der Waals surface area contributed by atoms with Gasteiger partial charge in [0, 0.05) is 50.7 Å². The van der Waals surface area contributed by atoms with E-state index in [9.17, 15) is 0 Å². The molecule has 0 saturated heterocycles. The fourth-order valence-electron chi connectivity index (χ4n) is 3.31. The molecule has 0 unspecified atom stereocenters. The van der Waals surface area contributed by atoms with Crippen molar-refractivity contribution in [3.05, 3.63) is 70.4 Å². The van der Waals surface area contributed by atoms with Gasteiger partial charge in [-0.3, -0.25) is 14.6 Å². The molecule has 0 N–H and O–H groups in total. The molecule has 5 nitrogen and oxygen atoms in total. The monoisotopic (exact) mass is 354 g/mol. The van der Waals surface area contributed by atoms with Gasteiger partial charge in [0.1, 0.15) is 0 Å². The molecule has 0 radical (unpaired) electrons. The predicted octanol–water partition coefficient (Wildman–Crippen LogP) is 3.19. The summed E-state index contributed by atoms with van der Waals surface area (Å²) in [6.07, 6.45) is 5.55. The molecule has 0 spiro atoms. The number of fused-ring (bicyclic) bond motifs is 1. The summed E-state index contributed by atoms with van der Waals surface area (Å²) < 4.78 is 8.11. The molecule has 0 saturated carbocycles. The summed E-state index contributed by atoms with van der Waals surface area (Å²) in [5, 5.41) is 8.87. The molecule has 0 fully saturated rings. The van der Waals surface area contributed by atoms with E-state index in [1.807, 2.05) is 18.5 Å². The summed E-state index contributed by atoms with van der Waals surface area (Å²) in [5.74, 6) is 0.427. The van der Waals surface area contributed by atoms with Crippen molar-refractivity contribution < 1.29 is 4.74 Å². The third kappa shape index (κ3) is 4.34. The molecule has 25 heavy (non-hydrogen) atoms. The maximum absolute atomic E-state index is 5.98. The molecule has 1 aliphatic rings. The molecule has 3 aromatic rings. The first-order valence-electron chi connectivity index (χ1n) is 8.57. The fraction of sp³-hybridized carbons (Fsp3) is 0.368. The van der Waals surface area contributed by atoms with Crippen LogP contribution >= 0.6 is 11.3 Å². The minimum atomic E-state index is 0.427. The number of nitrogens with zero attached hydrogens (tertiary/aromatic N) is 4. The highest BCUT2D eigenvalue weighted by molar-refractivity contribution is 7.07. The van der Waals surface area contributed by atoms with Gasteiger partial charge in [-0.2, -0.15) is 16.4 Å². The van der Waals surface area contributed by atoms with Crippen molar-refractivity contribution >= 4 is 11.3 Å². The highest BCUT2D eigenvalue weighted by Crippen LogP contribution is 2.19. The number of thiophene rings is 1. The van der Waals surface area contributed by atoms with Crippen molar-refractivity contribution in [1.29, 1.82) is 0 Å². The molecular weight excluding hydrogens is 332 g/mol. The normalized spacial score (nSPS) is 18.0. The topological polar surface area (TPSA) is 43.2 Å². The molecule has 3 aromatic heterocycles. The molecular formula is C19H22N4OS. The van der Waals surface area contributed by atoms with E-state index >= 15 is 0 Å². The van der Waals surface area contributed by atoms with Crippen LogP contribution in [0, 0.1) is 5.92 Å². The van der Waals surface area contributed by atoms with Gasteiger partial charge < -0.3 is 4.74 Å². The van der Waals surface area contributed by atoms with Crippen LogP contribution in [0.1, 0.15) is 16.8 Å². The van der Waals surface area contributed by atoms with Crippen molar-refractivity contribution in [3.8, 4) is 0 Å². The zero-order valence-corrected chi connectivity index (χ0v) is 14.9. The van der Waals surface area contributed by atoms with Crippen molar-refractivity contribution in [2.24, 2.45) is 5.92 Å². The average molecular weight is 354 g/mol. The lowest BCUT2D eigenvalue weighted by Crippen LogP contribution is -2.30. The molecule has 4 rings (SSSR count). The van der Waals surface area contributed by atoms with Crippen molar-refractivity contribution in [2.75, 3.05) is 13.2 Å². The van der Waals surface area contributed by atoms with E-state index in [0.717, 1.165) is 38.3 Å². The Balaban J connectivity index is 1.40. The van der Waals surface area contributed by atoms with Crippen molar-refractivity contribution in [2.45, 2.75) is 26.2 Å². The van der Waals surface area contributed by atoms with Crippen LogP contribution in [0.3, 0.4) is 0 Å². The lowest BCUT2D eigenvalue weighted by Gasteiger charge is -2.23. The Kier molecular flexibility index (Phi) is 5.20. The van der Waals surface area contributed by atoms with E-state index in [0.29, 0.717) is 12.5 Å². The first-order chi connectivity index (χ1) is 12.4. The second-order valence-corrected chi connectivity index (χ2v) is 7.33. The molecule has 0 aromatic carbocycles. The highest BCUT2D eigenvalue weighted by Gasteiger charge is 2.22. The number of aromatic nitrogens is 3. The molecule has 130 valence electrons. The second-order valence-electron chi connectivity index (χ2n) is 6.55. The number of pyridine rings is 1. The van der Waals surface area contributed by atoms with Crippen LogP contribution in [0.2, 0.25) is 0 Å². The van der Waals surface area contributed by atoms with Crippen LogP contribution in [0.25, 0.3) is 0 Å². The summed E-state index contributed by atoms with van der Waals surface area (Å²) in [5.41, 5.74) is 3.78. The van der Waals surface area contributed by atoms with Crippen LogP contribution in [0.15, 0.2) is 53.6 Å². The van der Waals surface area contributed by atoms with E-state index in [-0.39, 0.29) is 0 Å². The van der Waals surface area contributed by atoms with Crippen molar-refractivity contribution in [1.82, 2.24) is 19.7 Å². The molecule has 0 amide bonds. The smallest absolute Gasteiger partial charge is 0.0731 e.